The number of nitrogens with two attached hydrogens (primary N) is 1. The van der Waals surface area contributed by atoms with E-state index in [9.17, 15) is 9.59 Å². The number of rotatable bonds is 11. The smallest absolute Gasteiger partial charge is 0.239 e. The number of allylic oxidation sites excluding steroid dienone is 5. The molecule has 1 aromatic heterocycles. The van der Waals surface area contributed by atoms with Gasteiger partial charge in [0.25, 0.3) is 0 Å². The topological polar surface area (TPSA) is 72.6 Å². The van der Waals surface area contributed by atoms with Crippen LogP contribution in [-0.2, 0) is 20.7 Å². The van der Waals surface area contributed by atoms with Crippen LogP contribution >= 0.6 is 11.3 Å². The van der Waals surface area contributed by atoms with Crippen LogP contribution in [0.5, 0.6) is 0 Å². The monoisotopic (exact) mass is 484 g/mol. The van der Waals surface area contributed by atoms with Gasteiger partial charge in [0.2, 0.25) is 5.91 Å². The molecule has 0 spiro atoms. The summed E-state index contributed by atoms with van der Waals surface area (Å²) in [6.45, 7) is 7.07. The Labute approximate surface area is 208 Å². The molecule has 2 fully saturated rings. The van der Waals surface area contributed by atoms with E-state index in [-0.39, 0.29) is 24.4 Å². The number of amides is 1. The summed E-state index contributed by atoms with van der Waals surface area (Å²) in [7, 11) is 0. The molecule has 2 aliphatic rings. The quantitative estimate of drug-likeness (QED) is 0.437. The van der Waals surface area contributed by atoms with Crippen molar-refractivity contribution in [2.45, 2.75) is 76.9 Å². The Hall–Kier alpha value is -2.02. The largest absolute Gasteiger partial charge is 0.370 e. The third kappa shape index (κ3) is 7.49. The second kappa shape index (κ2) is 13.2. The van der Waals surface area contributed by atoms with Gasteiger partial charge in [-0.3, -0.25) is 9.59 Å². The zero-order valence-electron chi connectivity index (χ0n) is 20.5. The summed E-state index contributed by atoms with van der Waals surface area (Å²) in [5.41, 5.74) is 6.91. The third-order valence-corrected chi connectivity index (χ3v) is 8.09. The number of nitrogens with zero attached hydrogens (tertiary/aromatic N) is 1. The van der Waals surface area contributed by atoms with E-state index in [1.54, 1.807) is 17.4 Å². The van der Waals surface area contributed by atoms with Gasteiger partial charge in [0.05, 0.1) is 12.1 Å². The molecule has 1 atom stereocenters. The lowest BCUT2D eigenvalue weighted by Crippen LogP contribution is -2.52. The van der Waals surface area contributed by atoms with E-state index in [2.05, 4.69) is 13.5 Å². The van der Waals surface area contributed by atoms with Gasteiger partial charge in [0.15, 0.2) is 5.78 Å². The van der Waals surface area contributed by atoms with E-state index in [4.69, 9.17) is 10.5 Å². The van der Waals surface area contributed by atoms with Crippen molar-refractivity contribution in [1.29, 1.82) is 0 Å². The number of hydrogen-bond donors (Lipinski definition) is 1. The molecule has 2 N–H and O–H groups in total. The van der Waals surface area contributed by atoms with Gasteiger partial charge in [-0.15, -0.1) is 11.3 Å². The first kappa shape index (κ1) is 26.6. The minimum Gasteiger partial charge on any atom is -0.370 e. The Morgan fingerprint density at radius 2 is 2.00 bits per heavy atom. The molecule has 1 saturated carbocycles. The molecule has 3 rings (SSSR count). The molecule has 1 aliphatic carbocycles. The highest BCUT2D eigenvalue weighted by atomic mass is 32.1. The van der Waals surface area contributed by atoms with Gasteiger partial charge in [0, 0.05) is 29.8 Å². The van der Waals surface area contributed by atoms with Gasteiger partial charge in [-0.2, -0.15) is 0 Å². The molecule has 186 valence electrons. The average Bonchev–Trinajstić information content (AvgIpc) is 3.36. The van der Waals surface area contributed by atoms with E-state index < -0.39 is 11.5 Å². The van der Waals surface area contributed by atoms with Crippen LogP contribution < -0.4 is 5.73 Å². The number of carbonyl (C=O) groups excluding carboxylic acids is 2. The van der Waals surface area contributed by atoms with Crippen LogP contribution in [0.3, 0.4) is 0 Å². The van der Waals surface area contributed by atoms with Crippen LogP contribution in [-0.4, -0.2) is 48.4 Å². The van der Waals surface area contributed by atoms with E-state index >= 15 is 0 Å². The summed E-state index contributed by atoms with van der Waals surface area (Å²) < 4.78 is 6.08. The Bertz CT molecular complexity index is 860. The van der Waals surface area contributed by atoms with E-state index in [0.717, 1.165) is 23.3 Å². The molecule has 1 saturated heterocycles. The van der Waals surface area contributed by atoms with Gasteiger partial charge in [-0.25, -0.2) is 0 Å². The fraction of sp³-hybridized carbons (Fsp3) is 0.571. The van der Waals surface area contributed by atoms with Crippen molar-refractivity contribution in [3.63, 3.8) is 0 Å². The molecule has 1 amide bonds. The number of likely N-dealkylation sites (tertiary alicyclic amines) is 1. The Morgan fingerprint density at radius 1 is 1.26 bits per heavy atom. The van der Waals surface area contributed by atoms with Gasteiger partial charge >= 0.3 is 0 Å². The van der Waals surface area contributed by atoms with Crippen molar-refractivity contribution < 1.29 is 14.3 Å². The summed E-state index contributed by atoms with van der Waals surface area (Å²) in [4.78, 5) is 29.5. The molecule has 5 nitrogen and oxygen atoms in total. The SMILES string of the molecule is C=C/C=C\C=C(/C)CC1(C(=O)COC2CCCCC2)CCN(C(=O)[C@@H](N)Cc2cccs2)CC1. The lowest BCUT2D eigenvalue weighted by molar-refractivity contribution is -0.144. The molecule has 1 aromatic rings. The number of hydrogen-bond acceptors (Lipinski definition) is 5. The first-order chi connectivity index (χ1) is 16.4. The highest BCUT2D eigenvalue weighted by Crippen LogP contribution is 2.39. The predicted molar refractivity (Wildman–Crippen MR) is 140 cm³/mol. The molecule has 0 radical (unpaired) electrons. The lowest BCUT2D eigenvalue weighted by Gasteiger charge is -2.42. The molecule has 34 heavy (non-hydrogen) atoms. The number of thiophene rings is 1. The summed E-state index contributed by atoms with van der Waals surface area (Å²) in [6, 6.07) is 3.45. The zero-order valence-corrected chi connectivity index (χ0v) is 21.4. The average molecular weight is 485 g/mol. The zero-order chi connectivity index (χ0) is 24.4. The fourth-order valence-electron chi connectivity index (χ4n) is 5.15. The van der Waals surface area contributed by atoms with Gasteiger partial charge in [-0.1, -0.05) is 61.8 Å². The molecule has 6 heteroatoms. The standard InChI is InChI=1S/C28H40N2O3S/c1-3-4-6-10-22(2)20-28(26(31)21-33-23-11-7-5-8-12-23)14-16-30(17-15-28)27(32)25(29)19-24-13-9-18-34-24/h3-4,6,9-10,13,18,23,25H,1,5,7-8,11-12,14-17,19-21,29H2,2H3/b6-4-,22-10+/t25-/m0/s1. The van der Waals surface area contributed by atoms with Gasteiger partial charge < -0.3 is 15.4 Å². The highest BCUT2D eigenvalue weighted by molar-refractivity contribution is 7.09. The second-order valence-electron chi connectivity index (χ2n) is 9.80. The minimum absolute atomic E-state index is 0.0194. The highest BCUT2D eigenvalue weighted by Gasteiger charge is 2.42. The summed E-state index contributed by atoms with van der Waals surface area (Å²) in [5, 5.41) is 2.00. The van der Waals surface area contributed by atoms with E-state index in [0.29, 0.717) is 38.8 Å². The van der Waals surface area contributed by atoms with Crippen LogP contribution in [0.1, 0.15) is 63.2 Å². The molecular weight excluding hydrogens is 444 g/mol. The predicted octanol–water partition coefficient (Wildman–Crippen LogP) is 5.22. The number of Topliss-reactive ketones (excluding diaryl/α,β-unsaturated/α-hetero) is 1. The van der Waals surface area contributed by atoms with Crippen molar-refractivity contribution in [2.75, 3.05) is 19.7 Å². The number of carbonyl (C=O) groups is 2. The maximum Gasteiger partial charge on any atom is 0.239 e. The molecule has 0 unspecified atom stereocenters. The number of ketones is 1. The first-order valence-corrected chi connectivity index (χ1v) is 13.5. The maximum atomic E-state index is 13.5. The number of ether oxygens (including phenoxy) is 1. The first-order valence-electron chi connectivity index (χ1n) is 12.6. The van der Waals surface area contributed by atoms with Crippen LogP contribution in [0.2, 0.25) is 0 Å². The normalized spacial score (nSPS) is 20.4. The van der Waals surface area contributed by atoms with Crippen LogP contribution in [0, 0.1) is 5.41 Å². The van der Waals surface area contributed by atoms with Crippen molar-refractivity contribution in [1.82, 2.24) is 4.90 Å². The third-order valence-electron chi connectivity index (χ3n) is 7.19. The van der Waals surface area contributed by atoms with Crippen molar-refractivity contribution in [3.05, 3.63) is 58.8 Å². The lowest BCUT2D eigenvalue weighted by atomic mass is 9.70. The fourth-order valence-corrected chi connectivity index (χ4v) is 5.91. The summed E-state index contributed by atoms with van der Waals surface area (Å²) in [6.07, 6.45) is 16.1. The van der Waals surface area contributed by atoms with Crippen LogP contribution in [0.25, 0.3) is 0 Å². The second-order valence-corrected chi connectivity index (χ2v) is 10.8. The van der Waals surface area contributed by atoms with Crippen molar-refractivity contribution in [3.8, 4) is 0 Å². The van der Waals surface area contributed by atoms with Crippen LogP contribution in [0.15, 0.2) is 54.0 Å². The van der Waals surface area contributed by atoms with Crippen molar-refractivity contribution in [2.24, 2.45) is 11.1 Å². The maximum absolute atomic E-state index is 13.5. The van der Waals surface area contributed by atoms with E-state index in [1.807, 2.05) is 40.6 Å². The van der Waals surface area contributed by atoms with Gasteiger partial charge in [0.1, 0.15) is 6.61 Å². The minimum atomic E-state index is -0.540. The molecule has 0 aromatic carbocycles. The molecular formula is C28H40N2O3S. The molecule has 1 aliphatic heterocycles. The van der Waals surface area contributed by atoms with Crippen molar-refractivity contribution >= 4 is 23.0 Å². The molecule has 0 bridgehead atoms. The Balaban J connectivity index is 1.64. The summed E-state index contributed by atoms with van der Waals surface area (Å²) >= 11 is 1.62. The summed E-state index contributed by atoms with van der Waals surface area (Å²) in [5.74, 6) is 0.155. The Kier molecular flexibility index (Phi) is 10.3. The Morgan fingerprint density at radius 3 is 2.65 bits per heavy atom. The van der Waals surface area contributed by atoms with Crippen LogP contribution in [0.4, 0.5) is 0 Å². The molecule has 2 heterocycles. The van der Waals surface area contributed by atoms with E-state index in [1.165, 1.54) is 19.3 Å². The van der Waals surface area contributed by atoms with Gasteiger partial charge in [-0.05, 0) is 50.5 Å². The number of piperidine rings is 1.